The van der Waals surface area contributed by atoms with E-state index in [0.29, 0.717) is 0 Å². The molecule has 0 saturated heterocycles. The fourth-order valence-corrected chi connectivity index (χ4v) is 0.818. The van der Waals surface area contributed by atoms with Gasteiger partial charge in [-0.3, -0.25) is 0 Å². The first-order chi connectivity index (χ1) is 4.83. The molecule has 0 aromatic carbocycles. The Morgan fingerprint density at radius 2 is 2.50 bits per heavy atom. The van der Waals surface area contributed by atoms with Crippen LogP contribution >= 0.6 is 0 Å². The summed E-state index contributed by atoms with van der Waals surface area (Å²) >= 11 is 0. The van der Waals surface area contributed by atoms with Gasteiger partial charge in [-0.25, -0.2) is 4.57 Å². The monoisotopic (exact) mass is 137 g/mol. The number of rotatable bonds is 2. The highest BCUT2D eigenvalue weighted by Gasteiger charge is 1.95. The summed E-state index contributed by atoms with van der Waals surface area (Å²) in [6.07, 6.45) is 3.79. The lowest BCUT2D eigenvalue weighted by Gasteiger charge is -1.89. The van der Waals surface area contributed by atoms with Crippen LogP contribution < -0.4 is 4.57 Å². The Hall–Kier alpha value is -1.25. The maximum Gasteiger partial charge on any atom is 0.173 e. The number of hydrogen-bond donors (Lipinski definition) is 0. The van der Waals surface area contributed by atoms with E-state index in [1.165, 1.54) is 0 Å². The molecule has 0 aliphatic carbocycles. The molecule has 1 aromatic heterocycles. The Bertz CT molecular complexity index is 235. The average Bonchev–Trinajstić information content (AvgIpc) is 1.88. The van der Waals surface area contributed by atoms with Crippen LogP contribution in [0.2, 0.25) is 0 Å². The standard InChI is InChI=1S/C7H9N2O/c1-9-4-2-3-7(6-9)5-8-10/h2-4,6H,5H2,1H3/q+1. The molecule has 1 rings (SSSR count). The Morgan fingerprint density at radius 3 is 3.10 bits per heavy atom. The minimum atomic E-state index is 0.259. The maximum atomic E-state index is 9.83. The van der Waals surface area contributed by atoms with Crippen molar-refractivity contribution in [3.8, 4) is 0 Å². The lowest BCUT2D eigenvalue weighted by molar-refractivity contribution is -0.671. The van der Waals surface area contributed by atoms with Crippen molar-refractivity contribution in [3.05, 3.63) is 35.0 Å². The molecule has 0 atom stereocenters. The van der Waals surface area contributed by atoms with Crippen molar-refractivity contribution >= 4 is 0 Å². The maximum absolute atomic E-state index is 9.83. The van der Waals surface area contributed by atoms with Gasteiger partial charge in [0, 0.05) is 11.6 Å². The van der Waals surface area contributed by atoms with E-state index in [0.717, 1.165) is 5.56 Å². The molecule has 0 saturated carbocycles. The third-order valence-corrected chi connectivity index (χ3v) is 1.25. The van der Waals surface area contributed by atoms with Gasteiger partial charge in [0.15, 0.2) is 12.4 Å². The highest BCUT2D eigenvalue weighted by molar-refractivity contribution is 5.04. The zero-order valence-corrected chi connectivity index (χ0v) is 5.82. The Morgan fingerprint density at radius 1 is 1.70 bits per heavy atom. The van der Waals surface area contributed by atoms with Crippen molar-refractivity contribution < 1.29 is 4.57 Å². The molecule has 10 heavy (non-hydrogen) atoms. The minimum absolute atomic E-state index is 0.259. The van der Waals surface area contributed by atoms with Crippen LogP contribution in [0.1, 0.15) is 5.56 Å². The number of pyridine rings is 1. The van der Waals surface area contributed by atoms with Gasteiger partial charge < -0.3 is 0 Å². The summed E-state index contributed by atoms with van der Waals surface area (Å²) in [6.45, 7) is 0.259. The van der Waals surface area contributed by atoms with Crippen molar-refractivity contribution in [2.75, 3.05) is 0 Å². The molecule has 0 amide bonds. The minimum Gasteiger partial charge on any atom is -0.207 e. The zero-order chi connectivity index (χ0) is 7.40. The molecule has 0 aliphatic rings. The Kier molecular flexibility index (Phi) is 2.10. The van der Waals surface area contributed by atoms with Gasteiger partial charge in [0.2, 0.25) is 0 Å². The van der Waals surface area contributed by atoms with E-state index in [4.69, 9.17) is 0 Å². The predicted molar refractivity (Wildman–Crippen MR) is 37.1 cm³/mol. The summed E-state index contributed by atoms with van der Waals surface area (Å²) in [6, 6.07) is 3.77. The van der Waals surface area contributed by atoms with E-state index >= 15 is 0 Å². The molecule has 0 radical (unpaired) electrons. The molecule has 0 spiro atoms. The van der Waals surface area contributed by atoms with Gasteiger partial charge in [0.1, 0.15) is 13.6 Å². The first-order valence-corrected chi connectivity index (χ1v) is 3.06. The van der Waals surface area contributed by atoms with Crippen molar-refractivity contribution in [1.82, 2.24) is 0 Å². The number of aryl methyl sites for hydroxylation is 1. The summed E-state index contributed by atoms with van der Waals surface area (Å²) in [5, 5.41) is 2.78. The van der Waals surface area contributed by atoms with Gasteiger partial charge in [0.25, 0.3) is 0 Å². The number of nitroso groups, excluding NO2 is 1. The second kappa shape index (κ2) is 3.06. The van der Waals surface area contributed by atoms with Crippen LogP contribution in [-0.4, -0.2) is 0 Å². The van der Waals surface area contributed by atoms with Gasteiger partial charge in [-0.15, -0.1) is 0 Å². The molecule has 0 aliphatic heterocycles. The summed E-state index contributed by atoms with van der Waals surface area (Å²) < 4.78 is 1.89. The summed E-state index contributed by atoms with van der Waals surface area (Å²) in [5.41, 5.74) is 0.944. The molecule has 1 heterocycles. The number of hydrogen-bond acceptors (Lipinski definition) is 2. The fourth-order valence-electron chi connectivity index (χ4n) is 0.818. The largest absolute Gasteiger partial charge is 0.207 e. The first kappa shape index (κ1) is 6.86. The highest BCUT2D eigenvalue weighted by Crippen LogP contribution is 1.94. The van der Waals surface area contributed by atoms with E-state index in [1.54, 1.807) is 0 Å². The second-order valence-corrected chi connectivity index (χ2v) is 2.16. The van der Waals surface area contributed by atoms with Gasteiger partial charge in [-0.2, -0.15) is 4.91 Å². The van der Waals surface area contributed by atoms with Crippen LogP contribution in [0.4, 0.5) is 0 Å². The highest BCUT2D eigenvalue weighted by atomic mass is 16.3. The predicted octanol–water partition coefficient (Wildman–Crippen LogP) is 0.777. The summed E-state index contributed by atoms with van der Waals surface area (Å²) in [5.74, 6) is 0. The van der Waals surface area contributed by atoms with Crippen LogP contribution in [0.5, 0.6) is 0 Å². The molecule has 0 fully saturated rings. The quantitative estimate of drug-likeness (QED) is 0.438. The van der Waals surface area contributed by atoms with Crippen molar-refractivity contribution in [3.63, 3.8) is 0 Å². The van der Waals surface area contributed by atoms with Crippen LogP contribution in [0.15, 0.2) is 29.7 Å². The molecule has 0 N–H and O–H groups in total. The van der Waals surface area contributed by atoms with Gasteiger partial charge >= 0.3 is 0 Å². The first-order valence-electron chi connectivity index (χ1n) is 3.06. The van der Waals surface area contributed by atoms with Crippen molar-refractivity contribution in [2.24, 2.45) is 12.2 Å². The Labute approximate surface area is 59.3 Å². The molecule has 3 nitrogen and oxygen atoms in total. The lowest BCUT2D eigenvalue weighted by atomic mass is 10.3. The fraction of sp³-hybridized carbons (Fsp3) is 0.286. The average molecular weight is 137 g/mol. The normalized spacial score (nSPS) is 9.30. The Balaban J connectivity index is 2.84. The molecule has 1 aromatic rings. The van der Waals surface area contributed by atoms with E-state index in [-0.39, 0.29) is 6.54 Å². The lowest BCUT2D eigenvalue weighted by Crippen LogP contribution is -2.26. The number of aromatic nitrogens is 1. The molecular formula is C7H9N2O+. The van der Waals surface area contributed by atoms with E-state index < -0.39 is 0 Å². The second-order valence-electron chi connectivity index (χ2n) is 2.16. The molecule has 0 unspecified atom stereocenters. The molecule has 0 bridgehead atoms. The van der Waals surface area contributed by atoms with E-state index in [1.807, 2.05) is 36.1 Å². The van der Waals surface area contributed by atoms with Crippen LogP contribution in [-0.2, 0) is 13.6 Å². The zero-order valence-electron chi connectivity index (χ0n) is 5.82. The smallest absolute Gasteiger partial charge is 0.173 e. The molecule has 3 heteroatoms. The van der Waals surface area contributed by atoms with Crippen LogP contribution in [0, 0.1) is 4.91 Å². The van der Waals surface area contributed by atoms with Gasteiger partial charge in [-0.05, 0) is 6.07 Å². The third-order valence-electron chi connectivity index (χ3n) is 1.25. The van der Waals surface area contributed by atoms with Gasteiger partial charge in [-0.1, -0.05) is 5.18 Å². The summed E-state index contributed by atoms with van der Waals surface area (Å²) in [7, 11) is 1.91. The SMILES string of the molecule is C[n+]1cccc(CN=O)c1. The van der Waals surface area contributed by atoms with Crippen molar-refractivity contribution in [2.45, 2.75) is 6.54 Å². The van der Waals surface area contributed by atoms with Crippen LogP contribution in [0.25, 0.3) is 0 Å². The van der Waals surface area contributed by atoms with E-state index in [2.05, 4.69) is 5.18 Å². The summed E-state index contributed by atoms with van der Waals surface area (Å²) in [4.78, 5) is 9.83. The van der Waals surface area contributed by atoms with E-state index in [9.17, 15) is 4.91 Å². The van der Waals surface area contributed by atoms with Crippen LogP contribution in [0.3, 0.4) is 0 Å². The third kappa shape index (κ3) is 1.62. The van der Waals surface area contributed by atoms with Crippen molar-refractivity contribution in [1.29, 1.82) is 0 Å². The molecular weight excluding hydrogens is 128 g/mol. The van der Waals surface area contributed by atoms with Gasteiger partial charge in [0.05, 0.1) is 0 Å². The number of nitrogens with zero attached hydrogens (tertiary/aromatic N) is 2. The molecule has 52 valence electrons. The topological polar surface area (TPSA) is 33.3 Å².